The largest absolute Gasteiger partial charge is 0.391 e. The van der Waals surface area contributed by atoms with Crippen molar-refractivity contribution in [1.29, 1.82) is 0 Å². The summed E-state index contributed by atoms with van der Waals surface area (Å²) >= 11 is 0. The molecular formula is C13H21N3O2. The van der Waals surface area contributed by atoms with Crippen LogP contribution in [0.2, 0.25) is 0 Å². The molecule has 1 atom stereocenters. The van der Waals surface area contributed by atoms with E-state index in [1.54, 1.807) is 6.20 Å². The van der Waals surface area contributed by atoms with Crippen LogP contribution in [-0.4, -0.2) is 41.4 Å². The highest BCUT2D eigenvalue weighted by molar-refractivity contribution is 5.45. The van der Waals surface area contributed by atoms with Crippen molar-refractivity contribution < 1.29 is 9.84 Å². The molecule has 0 spiro atoms. The Kier molecular flexibility index (Phi) is 4.49. The smallest absolute Gasteiger partial charge is 0.137 e. The first kappa shape index (κ1) is 13.2. The molecule has 100 valence electrons. The Morgan fingerprint density at radius 2 is 2.33 bits per heavy atom. The lowest BCUT2D eigenvalue weighted by molar-refractivity contribution is 0.0215. The topological polar surface area (TPSA) is 58.5 Å². The van der Waals surface area contributed by atoms with E-state index in [4.69, 9.17) is 4.74 Å². The summed E-state index contributed by atoms with van der Waals surface area (Å²) in [5.74, 6) is 1.53. The Morgan fingerprint density at radius 1 is 1.50 bits per heavy atom. The number of likely N-dealkylation sites (N-methyl/N-ethyl adjacent to an activating group) is 1. The van der Waals surface area contributed by atoms with Gasteiger partial charge < -0.3 is 14.7 Å². The third kappa shape index (κ3) is 3.17. The highest BCUT2D eigenvalue weighted by atomic mass is 16.5. The van der Waals surface area contributed by atoms with Gasteiger partial charge in [0.2, 0.25) is 0 Å². The number of aliphatic hydroxyl groups excluding tert-OH is 1. The van der Waals surface area contributed by atoms with Gasteiger partial charge in [0.05, 0.1) is 12.7 Å². The molecule has 0 aromatic carbocycles. The summed E-state index contributed by atoms with van der Waals surface area (Å²) in [5.41, 5.74) is 0.763. The predicted molar refractivity (Wildman–Crippen MR) is 69.6 cm³/mol. The van der Waals surface area contributed by atoms with E-state index in [1.807, 2.05) is 14.0 Å². The molecule has 0 saturated carbocycles. The van der Waals surface area contributed by atoms with E-state index in [9.17, 15) is 5.11 Å². The van der Waals surface area contributed by atoms with Crippen LogP contribution in [0.5, 0.6) is 0 Å². The molecule has 0 aliphatic carbocycles. The molecule has 2 rings (SSSR count). The second-order valence-corrected chi connectivity index (χ2v) is 4.79. The average Bonchev–Trinajstić information content (AvgIpc) is 2.40. The van der Waals surface area contributed by atoms with E-state index in [0.29, 0.717) is 0 Å². The van der Waals surface area contributed by atoms with Crippen molar-refractivity contribution in [2.45, 2.75) is 38.9 Å². The molecule has 5 nitrogen and oxygen atoms in total. The van der Waals surface area contributed by atoms with Crippen LogP contribution in [0.4, 0.5) is 5.82 Å². The van der Waals surface area contributed by atoms with E-state index in [1.165, 1.54) is 6.42 Å². The van der Waals surface area contributed by atoms with Crippen LogP contribution in [0.25, 0.3) is 0 Å². The molecular weight excluding hydrogens is 230 g/mol. The van der Waals surface area contributed by atoms with Gasteiger partial charge in [-0.3, -0.25) is 0 Å². The zero-order chi connectivity index (χ0) is 13.0. The Hall–Kier alpha value is -1.20. The van der Waals surface area contributed by atoms with E-state index >= 15 is 0 Å². The van der Waals surface area contributed by atoms with Gasteiger partial charge in [-0.05, 0) is 26.2 Å². The standard InChI is InChI=1S/C13H21N3O2/c1-10-14-7-11(9-17)13(15-10)16(2)8-12-5-3-4-6-18-12/h7,12,17H,3-6,8-9H2,1-2H3. The number of aryl methyl sites for hydroxylation is 1. The summed E-state index contributed by atoms with van der Waals surface area (Å²) in [7, 11) is 1.99. The van der Waals surface area contributed by atoms with E-state index in [2.05, 4.69) is 14.9 Å². The van der Waals surface area contributed by atoms with Crippen LogP contribution in [0.1, 0.15) is 30.7 Å². The first-order chi connectivity index (χ1) is 8.70. The van der Waals surface area contributed by atoms with Crippen molar-refractivity contribution in [2.75, 3.05) is 25.1 Å². The highest BCUT2D eigenvalue weighted by Gasteiger charge is 2.18. The minimum absolute atomic E-state index is 0.0362. The second-order valence-electron chi connectivity index (χ2n) is 4.79. The molecule has 5 heteroatoms. The number of nitrogens with zero attached hydrogens (tertiary/aromatic N) is 3. The number of hydrogen-bond acceptors (Lipinski definition) is 5. The minimum Gasteiger partial charge on any atom is -0.391 e. The van der Waals surface area contributed by atoms with E-state index in [0.717, 1.165) is 43.2 Å². The molecule has 1 fully saturated rings. The second kappa shape index (κ2) is 6.11. The molecule has 0 radical (unpaired) electrons. The van der Waals surface area contributed by atoms with Crippen LogP contribution >= 0.6 is 0 Å². The molecule has 1 aliphatic rings. The Balaban J connectivity index is 2.07. The quantitative estimate of drug-likeness (QED) is 0.873. The maximum atomic E-state index is 9.33. The fourth-order valence-electron chi connectivity index (χ4n) is 2.27. The van der Waals surface area contributed by atoms with Crippen molar-refractivity contribution in [3.8, 4) is 0 Å². The Bertz CT molecular complexity index is 392. The van der Waals surface area contributed by atoms with Gasteiger partial charge in [0.1, 0.15) is 11.6 Å². The van der Waals surface area contributed by atoms with Crippen LogP contribution in [-0.2, 0) is 11.3 Å². The van der Waals surface area contributed by atoms with Crippen molar-refractivity contribution in [2.24, 2.45) is 0 Å². The predicted octanol–water partition coefficient (Wildman–Crippen LogP) is 1.28. The number of ether oxygens (including phenoxy) is 1. The molecule has 1 aromatic heterocycles. The number of hydrogen-bond donors (Lipinski definition) is 1. The van der Waals surface area contributed by atoms with Crippen LogP contribution in [0, 0.1) is 6.92 Å². The zero-order valence-electron chi connectivity index (χ0n) is 11.1. The molecule has 0 amide bonds. The van der Waals surface area contributed by atoms with Crippen molar-refractivity contribution >= 4 is 5.82 Å². The molecule has 1 saturated heterocycles. The van der Waals surface area contributed by atoms with Crippen LogP contribution < -0.4 is 4.90 Å². The van der Waals surface area contributed by atoms with Crippen molar-refractivity contribution in [3.63, 3.8) is 0 Å². The van der Waals surface area contributed by atoms with Gasteiger partial charge >= 0.3 is 0 Å². The van der Waals surface area contributed by atoms with Gasteiger partial charge in [-0.25, -0.2) is 9.97 Å². The van der Waals surface area contributed by atoms with E-state index in [-0.39, 0.29) is 12.7 Å². The van der Waals surface area contributed by atoms with Gasteiger partial charge in [0, 0.05) is 32.0 Å². The average molecular weight is 251 g/mol. The van der Waals surface area contributed by atoms with Gasteiger partial charge in [-0.2, -0.15) is 0 Å². The molecule has 18 heavy (non-hydrogen) atoms. The lowest BCUT2D eigenvalue weighted by Crippen LogP contribution is -2.34. The number of anilines is 1. The fourth-order valence-corrected chi connectivity index (χ4v) is 2.27. The maximum absolute atomic E-state index is 9.33. The number of aromatic nitrogens is 2. The summed E-state index contributed by atoms with van der Waals surface area (Å²) in [6.07, 6.45) is 5.45. The first-order valence-corrected chi connectivity index (χ1v) is 6.47. The van der Waals surface area contributed by atoms with Crippen LogP contribution in [0.3, 0.4) is 0 Å². The number of rotatable bonds is 4. The van der Waals surface area contributed by atoms with Crippen molar-refractivity contribution in [1.82, 2.24) is 9.97 Å². The summed E-state index contributed by atoms with van der Waals surface area (Å²) in [4.78, 5) is 10.6. The molecule has 0 bridgehead atoms. The molecule has 1 aromatic rings. The minimum atomic E-state index is -0.0362. The molecule has 1 N–H and O–H groups in total. The lowest BCUT2D eigenvalue weighted by atomic mass is 10.1. The van der Waals surface area contributed by atoms with Crippen molar-refractivity contribution in [3.05, 3.63) is 17.6 Å². The third-order valence-electron chi connectivity index (χ3n) is 3.25. The fraction of sp³-hybridized carbons (Fsp3) is 0.692. The summed E-state index contributed by atoms with van der Waals surface area (Å²) < 4.78 is 5.73. The van der Waals surface area contributed by atoms with Crippen LogP contribution in [0.15, 0.2) is 6.20 Å². The van der Waals surface area contributed by atoms with E-state index < -0.39 is 0 Å². The SMILES string of the molecule is Cc1ncc(CO)c(N(C)CC2CCCCO2)n1. The van der Waals surface area contributed by atoms with Gasteiger partial charge in [0.15, 0.2) is 0 Å². The summed E-state index contributed by atoms with van der Waals surface area (Å²) in [6.45, 7) is 3.48. The Labute approximate surface area is 108 Å². The lowest BCUT2D eigenvalue weighted by Gasteiger charge is -2.28. The van der Waals surface area contributed by atoms with Gasteiger partial charge in [0.25, 0.3) is 0 Å². The maximum Gasteiger partial charge on any atom is 0.137 e. The summed E-state index contributed by atoms with van der Waals surface area (Å²) in [6, 6.07) is 0. The highest BCUT2D eigenvalue weighted by Crippen LogP contribution is 2.19. The van der Waals surface area contributed by atoms with Gasteiger partial charge in [-0.1, -0.05) is 0 Å². The molecule has 1 aliphatic heterocycles. The third-order valence-corrected chi connectivity index (χ3v) is 3.25. The monoisotopic (exact) mass is 251 g/mol. The normalized spacial score (nSPS) is 19.8. The first-order valence-electron chi connectivity index (χ1n) is 6.47. The molecule has 1 unspecified atom stereocenters. The Morgan fingerprint density at radius 3 is 3.00 bits per heavy atom. The summed E-state index contributed by atoms with van der Waals surface area (Å²) in [5, 5.41) is 9.33. The number of aliphatic hydroxyl groups is 1. The molecule has 2 heterocycles. The zero-order valence-corrected chi connectivity index (χ0v) is 11.1. The van der Waals surface area contributed by atoms with Gasteiger partial charge in [-0.15, -0.1) is 0 Å².